The number of hydrogen-bond donors (Lipinski definition) is 1. The Bertz CT molecular complexity index is 204. The van der Waals surface area contributed by atoms with Gasteiger partial charge in [0, 0.05) is 10.9 Å². The molecule has 0 saturated carbocycles. The molecule has 0 unspecified atom stereocenters. The second-order valence-corrected chi connectivity index (χ2v) is 2.68. The molecular weight excluding hydrogens is 208 g/mol. The third-order valence-corrected chi connectivity index (χ3v) is 1.46. The maximum atomic E-state index is 9.90. The Balaban J connectivity index is 4.13. The first-order valence-electron chi connectivity index (χ1n) is 3.03. The number of carbonyl (C=O) groups excluding carboxylic acids is 1. The fraction of sp³-hybridized carbons (Fsp3) is 0.125. The molecule has 0 spiro atoms. The predicted octanol–water partition coefficient (Wildman–Crippen LogP) is 2.48. The summed E-state index contributed by atoms with van der Waals surface area (Å²) in [7, 11) is 0. The van der Waals surface area contributed by atoms with Gasteiger partial charge in [-0.15, -0.1) is 0 Å². The lowest BCUT2D eigenvalue weighted by Gasteiger charge is -1.89. The Labute approximate surface area is 74.0 Å². The third kappa shape index (κ3) is 5.61. The van der Waals surface area contributed by atoms with Crippen molar-refractivity contribution in [2.75, 3.05) is 0 Å². The monoisotopic (exact) mass is 216 g/mol. The number of rotatable bonds is 4. The summed E-state index contributed by atoms with van der Waals surface area (Å²) in [5.41, 5.74) is 0. The second kappa shape index (κ2) is 5.92. The van der Waals surface area contributed by atoms with Crippen LogP contribution in [0.25, 0.3) is 0 Å². The first-order valence-corrected chi connectivity index (χ1v) is 3.82. The summed E-state index contributed by atoms with van der Waals surface area (Å²) in [5, 5.41) is 8.91. The highest BCUT2D eigenvalue weighted by molar-refractivity contribution is 9.11. The molecule has 0 aliphatic heterocycles. The van der Waals surface area contributed by atoms with Gasteiger partial charge >= 0.3 is 0 Å². The fourth-order valence-corrected chi connectivity index (χ4v) is 0.841. The van der Waals surface area contributed by atoms with E-state index in [1.54, 1.807) is 6.08 Å². The first-order chi connectivity index (χ1) is 5.20. The number of aldehydes is 1. The molecule has 0 fully saturated rings. The number of aliphatic hydroxyl groups excluding tert-OH is 1. The van der Waals surface area contributed by atoms with Crippen LogP contribution in [0.2, 0.25) is 0 Å². The molecule has 0 aliphatic carbocycles. The molecule has 0 rings (SSSR count). The van der Waals surface area contributed by atoms with Crippen molar-refractivity contribution in [3.63, 3.8) is 0 Å². The van der Waals surface area contributed by atoms with Crippen molar-refractivity contribution in [1.29, 1.82) is 0 Å². The van der Waals surface area contributed by atoms with E-state index in [2.05, 4.69) is 22.5 Å². The summed E-state index contributed by atoms with van der Waals surface area (Å²) in [6.45, 7) is 3.36. The lowest BCUT2D eigenvalue weighted by Crippen LogP contribution is -1.74. The van der Waals surface area contributed by atoms with Gasteiger partial charge in [0.1, 0.15) is 12.0 Å². The molecule has 0 heterocycles. The Morgan fingerprint density at radius 1 is 1.64 bits per heavy atom. The number of allylic oxidation sites excluding steroid dienone is 4. The molecule has 0 aromatic carbocycles. The maximum absolute atomic E-state index is 9.90. The fourth-order valence-electron chi connectivity index (χ4n) is 0.420. The van der Waals surface area contributed by atoms with Crippen LogP contribution in [0.3, 0.4) is 0 Å². The number of halogens is 1. The highest BCUT2D eigenvalue weighted by Gasteiger charge is 1.87. The van der Waals surface area contributed by atoms with Crippen LogP contribution in [0.4, 0.5) is 0 Å². The van der Waals surface area contributed by atoms with Crippen LogP contribution in [-0.4, -0.2) is 11.4 Å². The van der Waals surface area contributed by atoms with E-state index in [0.29, 0.717) is 10.9 Å². The van der Waals surface area contributed by atoms with E-state index in [-0.39, 0.29) is 5.76 Å². The van der Waals surface area contributed by atoms with Gasteiger partial charge < -0.3 is 9.90 Å². The van der Waals surface area contributed by atoms with Gasteiger partial charge in [-0.1, -0.05) is 28.6 Å². The third-order valence-electron chi connectivity index (χ3n) is 0.904. The molecule has 0 aliphatic rings. The molecule has 0 amide bonds. The van der Waals surface area contributed by atoms with Gasteiger partial charge in [-0.3, -0.25) is 0 Å². The zero-order chi connectivity index (χ0) is 8.69. The van der Waals surface area contributed by atoms with Gasteiger partial charge in [-0.05, 0) is 12.2 Å². The van der Waals surface area contributed by atoms with Gasteiger partial charge in [0.25, 0.3) is 0 Å². The van der Waals surface area contributed by atoms with Gasteiger partial charge in [0.2, 0.25) is 0 Å². The summed E-state index contributed by atoms with van der Waals surface area (Å²) < 4.78 is 0.669. The standard InChI is InChI=1S/C8H9BrO2/c1-2-8(11)6-7(9)4-3-5-10/h2,4-6,11H,1,3H2/b7-4+,8-6+. The molecule has 1 N–H and O–H groups in total. The van der Waals surface area contributed by atoms with Crippen LogP contribution < -0.4 is 0 Å². The molecule has 0 radical (unpaired) electrons. The maximum Gasteiger partial charge on any atom is 0.123 e. The van der Waals surface area contributed by atoms with E-state index < -0.39 is 0 Å². The highest BCUT2D eigenvalue weighted by Crippen LogP contribution is 2.09. The molecular formula is C8H9BrO2. The lowest BCUT2D eigenvalue weighted by molar-refractivity contribution is -0.107. The molecule has 3 heteroatoms. The lowest BCUT2D eigenvalue weighted by atomic mass is 10.3. The van der Waals surface area contributed by atoms with Crippen LogP contribution in [0.15, 0.2) is 35.0 Å². The molecule has 0 bridgehead atoms. The Morgan fingerprint density at radius 3 is 2.73 bits per heavy atom. The van der Waals surface area contributed by atoms with Crippen LogP contribution in [0, 0.1) is 0 Å². The van der Waals surface area contributed by atoms with E-state index >= 15 is 0 Å². The van der Waals surface area contributed by atoms with Crippen molar-refractivity contribution in [2.24, 2.45) is 0 Å². The van der Waals surface area contributed by atoms with Crippen molar-refractivity contribution >= 4 is 22.2 Å². The van der Waals surface area contributed by atoms with E-state index in [4.69, 9.17) is 5.11 Å². The molecule has 0 saturated heterocycles. The molecule has 0 atom stereocenters. The van der Waals surface area contributed by atoms with Crippen LogP contribution in [0.5, 0.6) is 0 Å². The summed E-state index contributed by atoms with van der Waals surface area (Å²) in [6, 6.07) is 0. The van der Waals surface area contributed by atoms with E-state index in [1.165, 1.54) is 12.2 Å². The second-order valence-electron chi connectivity index (χ2n) is 1.76. The minimum atomic E-state index is 0.0685. The number of aliphatic hydroxyl groups is 1. The van der Waals surface area contributed by atoms with Crippen molar-refractivity contribution in [3.05, 3.63) is 35.0 Å². The van der Waals surface area contributed by atoms with E-state index in [0.717, 1.165) is 6.29 Å². The largest absolute Gasteiger partial charge is 0.508 e. The Kier molecular flexibility index (Phi) is 5.47. The average Bonchev–Trinajstić information content (AvgIpc) is 2.00. The van der Waals surface area contributed by atoms with Crippen LogP contribution in [-0.2, 0) is 4.79 Å². The zero-order valence-electron chi connectivity index (χ0n) is 5.96. The summed E-state index contributed by atoms with van der Waals surface area (Å²) in [6.07, 6.45) is 5.54. The first kappa shape index (κ1) is 10.2. The number of hydrogen-bond acceptors (Lipinski definition) is 2. The zero-order valence-corrected chi connectivity index (χ0v) is 7.54. The summed E-state index contributed by atoms with van der Waals surface area (Å²) >= 11 is 3.14. The Hall–Kier alpha value is -0.830. The summed E-state index contributed by atoms with van der Waals surface area (Å²) in [5.74, 6) is 0.0685. The van der Waals surface area contributed by atoms with E-state index in [9.17, 15) is 4.79 Å². The normalized spacial score (nSPS) is 12.8. The Morgan fingerprint density at radius 2 is 2.27 bits per heavy atom. The average molecular weight is 217 g/mol. The quantitative estimate of drug-likeness (QED) is 0.446. The number of carbonyl (C=O) groups is 1. The van der Waals surface area contributed by atoms with E-state index in [1.807, 2.05) is 0 Å². The van der Waals surface area contributed by atoms with Crippen molar-refractivity contribution in [3.8, 4) is 0 Å². The molecule has 60 valence electrons. The predicted molar refractivity (Wildman–Crippen MR) is 48.6 cm³/mol. The molecule has 11 heavy (non-hydrogen) atoms. The van der Waals surface area contributed by atoms with Gasteiger partial charge in [-0.25, -0.2) is 0 Å². The van der Waals surface area contributed by atoms with Crippen molar-refractivity contribution < 1.29 is 9.90 Å². The summed E-state index contributed by atoms with van der Waals surface area (Å²) in [4.78, 5) is 9.90. The van der Waals surface area contributed by atoms with Crippen molar-refractivity contribution in [2.45, 2.75) is 6.42 Å². The van der Waals surface area contributed by atoms with Crippen molar-refractivity contribution in [1.82, 2.24) is 0 Å². The van der Waals surface area contributed by atoms with Gasteiger partial charge in [0.15, 0.2) is 0 Å². The highest BCUT2D eigenvalue weighted by atomic mass is 79.9. The minimum Gasteiger partial charge on any atom is -0.508 e. The van der Waals surface area contributed by atoms with Crippen LogP contribution in [0.1, 0.15) is 6.42 Å². The topological polar surface area (TPSA) is 37.3 Å². The van der Waals surface area contributed by atoms with Gasteiger partial charge in [0.05, 0.1) is 0 Å². The molecule has 2 nitrogen and oxygen atoms in total. The molecule has 0 aromatic heterocycles. The van der Waals surface area contributed by atoms with Crippen LogP contribution >= 0.6 is 15.9 Å². The smallest absolute Gasteiger partial charge is 0.123 e. The molecule has 0 aromatic rings. The van der Waals surface area contributed by atoms with Gasteiger partial charge in [-0.2, -0.15) is 0 Å². The SMILES string of the molecule is C=C/C(O)=C\C(Br)=C/CC=O. The minimum absolute atomic E-state index is 0.0685.